The van der Waals surface area contributed by atoms with E-state index in [-0.39, 0.29) is 48.4 Å². The summed E-state index contributed by atoms with van der Waals surface area (Å²) in [5, 5.41) is 0.179. The van der Waals surface area contributed by atoms with Crippen molar-refractivity contribution in [2.24, 2.45) is 0 Å². The van der Waals surface area contributed by atoms with Crippen LogP contribution in [0.3, 0.4) is 0 Å². The number of carbonyl (C=O) groups excluding carboxylic acids is 1. The van der Waals surface area contributed by atoms with Gasteiger partial charge >= 0.3 is 6.18 Å². The fourth-order valence-corrected chi connectivity index (χ4v) is 4.00. The van der Waals surface area contributed by atoms with E-state index in [4.69, 9.17) is 4.74 Å². The van der Waals surface area contributed by atoms with Crippen molar-refractivity contribution in [3.05, 3.63) is 46.5 Å². The zero-order valence-electron chi connectivity index (χ0n) is 16.4. The predicted octanol–water partition coefficient (Wildman–Crippen LogP) is 2.85. The summed E-state index contributed by atoms with van der Waals surface area (Å²) < 4.78 is 48.6. The van der Waals surface area contributed by atoms with Crippen LogP contribution in [-0.4, -0.2) is 57.2 Å². The molecule has 4 rings (SSSR count). The van der Waals surface area contributed by atoms with E-state index in [2.05, 4.69) is 4.98 Å². The van der Waals surface area contributed by atoms with Crippen LogP contribution >= 0.6 is 0 Å². The first kappa shape index (κ1) is 20.4. The molecule has 0 radical (unpaired) electrons. The predicted molar refractivity (Wildman–Crippen MR) is 104 cm³/mol. The van der Waals surface area contributed by atoms with Crippen molar-refractivity contribution in [3.63, 3.8) is 0 Å². The summed E-state index contributed by atoms with van der Waals surface area (Å²) >= 11 is 0. The second-order valence-corrected chi connectivity index (χ2v) is 7.31. The average molecular weight is 422 g/mol. The number of piperidine rings is 1. The highest BCUT2D eigenvalue weighted by Crippen LogP contribution is 2.33. The summed E-state index contributed by atoms with van der Waals surface area (Å²) in [6, 6.07) is 4.58. The number of likely N-dealkylation sites (tertiary alicyclic amines) is 1. The van der Waals surface area contributed by atoms with Gasteiger partial charge in [-0.25, -0.2) is 4.98 Å². The van der Waals surface area contributed by atoms with E-state index in [0.717, 1.165) is 4.90 Å². The van der Waals surface area contributed by atoms with Gasteiger partial charge in [-0.2, -0.15) is 13.2 Å². The molecule has 4 heterocycles. The Bertz CT molecular complexity index is 1150. The molecule has 3 aromatic rings. The summed E-state index contributed by atoms with van der Waals surface area (Å²) in [6.07, 6.45) is -2.16. The van der Waals surface area contributed by atoms with Crippen LogP contribution in [-0.2, 0) is 11.3 Å². The molecule has 0 spiro atoms. The number of ether oxygens (including phenoxy) is 1. The number of pyridine rings is 1. The van der Waals surface area contributed by atoms with Crippen LogP contribution < -0.4 is 5.56 Å². The second-order valence-electron chi connectivity index (χ2n) is 7.31. The highest BCUT2D eigenvalue weighted by molar-refractivity contribution is 5.98. The van der Waals surface area contributed by atoms with Gasteiger partial charge in [-0.3, -0.25) is 14.0 Å². The Balaban J connectivity index is 1.88. The lowest BCUT2D eigenvalue weighted by Crippen LogP contribution is -2.51. The van der Waals surface area contributed by atoms with Crippen LogP contribution in [0.2, 0.25) is 0 Å². The minimum Gasteiger partial charge on any atom is -0.383 e. The Morgan fingerprint density at radius 1 is 1.30 bits per heavy atom. The normalized spacial score (nSPS) is 17.7. The van der Waals surface area contributed by atoms with Gasteiger partial charge in [0.05, 0.1) is 12.0 Å². The van der Waals surface area contributed by atoms with Gasteiger partial charge in [0, 0.05) is 26.4 Å². The summed E-state index contributed by atoms with van der Waals surface area (Å²) in [5.41, 5.74) is 0.273. The van der Waals surface area contributed by atoms with Crippen LogP contribution in [0.1, 0.15) is 29.8 Å². The van der Waals surface area contributed by atoms with Crippen LogP contribution in [0.25, 0.3) is 16.7 Å². The number of carbonyl (C=O) groups is 1. The van der Waals surface area contributed by atoms with Crippen molar-refractivity contribution < 1.29 is 22.7 Å². The first-order valence-electron chi connectivity index (χ1n) is 9.70. The third-order valence-corrected chi connectivity index (χ3v) is 5.46. The first-order chi connectivity index (χ1) is 14.3. The van der Waals surface area contributed by atoms with E-state index in [0.29, 0.717) is 18.5 Å². The minimum atomic E-state index is -4.51. The monoisotopic (exact) mass is 422 g/mol. The molecule has 0 N–H and O–H groups in total. The lowest BCUT2D eigenvalue weighted by Gasteiger charge is -2.36. The number of hydrogen-bond donors (Lipinski definition) is 0. The Kier molecular flexibility index (Phi) is 5.27. The lowest BCUT2D eigenvalue weighted by atomic mass is 10.0. The summed E-state index contributed by atoms with van der Waals surface area (Å²) in [5.74, 6) is -0.750. The molecule has 1 amide bonds. The van der Waals surface area contributed by atoms with Crippen molar-refractivity contribution in [2.45, 2.75) is 38.0 Å². The van der Waals surface area contributed by atoms with Crippen LogP contribution in [0, 0.1) is 0 Å². The van der Waals surface area contributed by atoms with Gasteiger partial charge in [-0.15, -0.1) is 0 Å². The topological polar surface area (TPSA) is 68.8 Å². The first-order valence-corrected chi connectivity index (χ1v) is 9.70. The second kappa shape index (κ2) is 7.75. The molecule has 10 heteroatoms. The molecule has 7 nitrogen and oxygen atoms in total. The summed E-state index contributed by atoms with van der Waals surface area (Å²) in [4.78, 5) is 31.5. The average Bonchev–Trinajstić information content (AvgIpc) is 3.10. The van der Waals surface area contributed by atoms with Gasteiger partial charge in [-0.1, -0.05) is 6.07 Å². The Hall–Kier alpha value is -2.88. The lowest BCUT2D eigenvalue weighted by molar-refractivity contribution is -0.183. The molecule has 1 unspecified atom stereocenters. The highest BCUT2D eigenvalue weighted by Gasteiger charge is 2.46. The zero-order chi connectivity index (χ0) is 21.5. The van der Waals surface area contributed by atoms with Crippen LogP contribution in [0.4, 0.5) is 13.2 Å². The molecule has 0 aromatic carbocycles. The van der Waals surface area contributed by atoms with Crippen molar-refractivity contribution in [2.75, 3.05) is 20.3 Å². The molecule has 1 aliphatic rings. The van der Waals surface area contributed by atoms with E-state index in [1.807, 2.05) is 0 Å². The van der Waals surface area contributed by atoms with Gasteiger partial charge in [0.2, 0.25) is 0 Å². The molecular formula is C20H21F3N4O3. The van der Waals surface area contributed by atoms with Gasteiger partial charge in [0.1, 0.15) is 23.0 Å². The SMILES string of the molecule is COCCn1c(C(=O)N2CCCCC2C(F)(F)F)cc2c(=O)n3ccccc3nc21. The standard InChI is InChI=1S/C20H21F3N4O3/c1-30-11-10-25-14(19(29)26-8-4-2-6-15(26)20(21,22)23)12-13-17(25)24-16-7-3-5-9-27(16)18(13)28/h3,5,7,9,12,15H,2,4,6,8,10-11H2,1H3. The largest absolute Gasteiger partial charge is 0.408 e. The summed E-state index contributed by atoms with van der Waals surface area (Å²) in [6.45, 7) is 0.410. The van der Waals surface area contributed by atoms with Gasteiger partial charge < -0.3 is 14.2 Å². The Morgan fingerprint density at radius 2 is 2.10 bits per heavy atom. The number of rotatable bonds is 4. The maximum atomic E-state index is 13.5. The number of amides is 1. The molecule has 0 bridgehead atoms. The van der Waals surface area contributed by atoms with Crippen molar-refractivity contribution in [1.82, 2.24) is 18.9 Å². The minimum absolute atomic E-state index is 0.0127. The van der Waals surface area contributed by atoms with Gasteiger partial charge in [0.15, 0.2) is 0 Å². The van der Waals surface area contributed by atoms with Crippen LogP contribution in [0.5, 0.6) is 0 Å². The number of nitrogens with zero attached hydrogens (tertiary/aromatic N) is 4. The highest BCUT2D eigenvalue weighted by atomic mass is 19.4. The van der Waals surface area contributed by atoms with E-state index in [9.17, 15) is 22.8 Å². The summed E-state index contributed by atoms with van der Waals surface area (Å²) in [7, 11) is 1.48. The Morgan fingerprint density at radius 3 is 2.83 bits per heavy atom. The van der Waals surface area contributed by atoms with Crippen molar-refractivity contribution in [3.8, 4) is 0 Å². The number of halogens is 3. The van der Waals surface area contributed by atoms with Gasteiger partial charge in [-0.05, 0) is 37.5 Å². The van der Waals surface area contributed by atoms with Gasteiger partial charge in [0.25, 0.3) is 11.5 Å². The maximum absolute atomic E-state index is 13.5. The molecule has 160 valence electrons. The molecule has 30 heavy (non-hydrogen) atoms. The third-order valence-electron chi connectivity index (χ3n) is 5.46. The van der Waals surface area contributed by atoms with E-state index >= 15 is 0 Å². The smallest absolute Gasteiger partial charge is 0.383 e. The molecule has 1 aliphatic heterocycles. The number of alkyl halides is 3. The van der Waals surface area contributed by atoms with Crippen molar-refractivity contribution >= 4 is 22.6 Å². The quantitative estimate of drug-likeness (QED) is 0.649. The molecule has 1 saturated heterocycles. The van der Waals surface area contributed by atoms with E-state index in [1.54, 1.807) is 24.4 Å². The Labute approximate surface area is 169 Å². The van der Waals surface area contributed by atoms with E-state index < -0.39 is 18.1 Å². The number of fused-ring (bicyclic) bond motifs is 2. The molecule has 0 saturated carbocycles. The van der Waals surface area contributed by atoms with Crippen molar-refractivity contribution in [1.29, 1.82) is 0 Å². The molecular weight excluding hydrogens is 401 g/mol. The zero-order valence-corrected chi connectivity index (χ0v) is 16.4. The number of aromatic nitrogens is 3. The fraction of sp³-hybridized carbons (Fsp3) is 0.450. The molecule has 1 fully saturated rings. The number of hydrogen-bond acceptors (Lipinski definition) is 4. The molecule has 0 aliphatic carbocycles. The number of methoxy groups -OCH3 is 1. The fourth-order valence-electron chi connectivity index (χ4n) is 4.00. The van der Waals surface area contributed by atoms with Crippen LogP contribution in [0.15, 0.2) is 35.3 Å². The third kappa shape index (κ3) is 3.45. The van der Waals surface area contributed by atoms with E-state index in [1.165, 1.54) is 22.1 Å². The molecule has 1 atom stereocenters. The maximum Gasteiger partial charge on any atom is 0.408 e. The molecule has 3 aromatic heterocycles.